The summed E-state index contributed by atoms with van der Waals surface area (Å²) in [6.07, 6.45) is 0.481. The smallest absolute Gasteiger partial charge is 0.233 e. The molecule has 0 unspecified atom stereocenters. The van der Waals surface area contributed by atoms with Crippen molar-refractivity contribution in [2.75, 3.05) is 11.5 Å². The van der Waals surface area contributed by atoms with Crippen molar-refractivity contribution in [3.63, 3.8) is 0 Å². The van der Waals surface area contributed by atoms with Crippen molar-refractivity contribution in [3.05, 3.63) is 41.7 Å². The summed E-state index contributed by atoms with van der Waals surface area (Å²) in [6.45, 7) is 4.31. The molecule has 9 heteroatoms. The number of benzene rings is 1. The lowest BCUT2D eigenvalue weighted by Gasteiger charge is -2.16. The molecule has 2 heterocycles. The summed E-state index contributed by atoms with van der Waals surface area (Å²) >= 11 is 1.33. The molecule has 2 aromatic rings. The maximum absolute atomic E-state index is 12.4. The first-order chi connectivity index (χ1) is 12.3. The largest absolute Gasteiger partial charge is 0.351 e. The summed E-state index contributed by atoms with van der Waals surface area (Å²) < 4.78 is 25.0. The third kappa shape index (κ3) is 4.64. The Balaban J connectivity index is 1.64. The second kappa shape index (κ2) is 7.79. The Morgan fingerprint density at radius 1 is 1.35 bits per heavy atom. The summed E-state index contributed by atoms with van der Waals surface area (Å²) in [5.74, 6) is 0.776. The Morgan fingerprint density at radius 3 is 2.73 bits per heavy atom. The Morgan fingerprint density at radius 2 is 2.08 bits per heavy atom. The van der Waals surface area contributed by atoms with E-state index in [1.54, 1.807) is 6.92 Å². The van der Waals surface area contributed by atoms with Crippen molar-refractivity contribution in [3.8, 4) is 0 Å². The monoisotopic (exact) mass is 394 g/mol. The number of carbonyl (C=O) groups is 1. The highest BCUT2D eigenvalue weighted by Gasteiger charge is 2.30. The molecule has 0 bridgehead atoms. The number of nitrogens with zero attached hydrogens (tertiary/aromatic N) is 3. The molecule has 1 saturated heterocycles. The maximum atomic E-state index is 12.4. The molecular weight excluding hydrogens is 372 g/mol. The van der Waals surface area contributed by atoms with Gasteiger partial charge in [-0.25, -0.2) is 8.42 Å². The van der Waals surface area contributed by atoms with Crippen LogP contribution in [-0.2, 0) is 21.2 Å². The van der Waals surface area contributed by atoms with Gasteiger partial charge in [0.1, 0.15) is 5.82 Å². The van der Waals surface area contributed by atoms with Gasteiger partial charge in [0.25, 0.3) is 0 Å². The summed E-state index contributed by atoms with van der Waals surface area (Å²) in [7, 11) is -3.01. The van der Waals surface area contributed by atoms with Gasteiger partial charge in [-0.1, -0.05) is 42.1 Å². The fourth-order valence-electron chi connectivity index (χ4n) is 2.84. The third-order valence-corrected chi connectivity index (χ3v) is 7.16. The molecule has 26 heavy (non-hydrogen) atoms. The van der Waals surface area contributed by atoms with Crippen LogP contribution in [0, 0.1) is 6.92 Å². The van der Waals surface area contributed by atoms with Gasteiger partial charge in [-0.05, 0) is 25.8 Å². The molecule has 1 aromatic heterocycles. The van der Waals surface area contributed by atoms with Crippen LogP contribution in [0.2, 0.25) is 0 Å². The lowest BCUT2D eigenvalue weighted by atomic mass is 10.2. The quantitative estimate of drug-likeness (QED) is 0.745. The van der Waals surface area contributed by atoms with Crippen LogP contribution in [0.3, 0.4) is 0 Å². The number of hydrogen-bond donors (Lipinski definition) is 1. The van der Waals surface area contributed by atoms with Crippen LogP contribution in [0.5, 0.6) is 0 Å². The van der Waals surface area contributed by atoms with Crippen molar-refractivity contribution in [1.82, 2.24) is 20.1 Å². The number of amides is 1. The van der Waals surface area contributed by atoms with Crippen molar-refractivity contribution < 1.29 is 13.2 Å². The molecule has 0 saturated carbocycles. The second-order valence-corrected chi connectivity index (χ2v) is 10.0. The molecule has 0 radical (unpaired) electrons. The minimum atomic E-state index is -3.01. The standard InChI is InChI=1S/C17H22N4O3S2/c1-12(16(22)18-15-8-9-26(23,24)11-15)25-17-20-19-13(2)21(17)10-14-6-4-3-5-7-14/h3-7,12,15H,8-11H2,1-2H3,(H,18,22)/t12-,15+/m1/s1. The SMILES string of the molecule is Cc1nnc(S[C@H](C)C(=O)N[C@H]2CCS(=O)(=O)C2)n1Cc1ccccc1. The predicted molar refractivity (Wildman–Crippen MR) is 101 cm³/mol. The minimum absolute atomic E-state index is 0.0272. The van der Waals surface area contributed by atoms with Crippen molar-refractivity contribution >= 4 is 27.5 Å². The molecular formula is C17H22N4O3S2. The van der Waals surface area contributed by atoms with Gasteiger partial charge in [0.05, 0.1) is 23.3 Å². The van der Waals surface area contributed by atoms with E-state index in [1.165, 1.54) is 11.8 Å². The number of thioether (sulfide) groups is 1. The van der Waals surface area contributed by atoms with Crippen LogP contribution < -0.4 is 5.32 Å². The minimum Gasteiger partial charge on any atom is -0.351 e. The summed E-state index contributed by atoms with van der Waals surface area (Å²) in [4.78, 5) is 12.4. The molecule has 0 aliphatic carbocycles. The van der Waals surface area contributed by atoms with Crippen molar-refractivity contribution in [1.29, 1.82) is 0 Å². The van der Waals surface area contributed by atoms with Crippen molar-refractivity contribution in [2.24, 2.45) is 0 Å². The molecule has 3 rings (SSSR count). The first-order valence-corrected chi connectivity index (χ1v) is 11.2. The Kier molecular flexibility index (Phi) is 5.67. The average Bonchev–Trinajstić information content (AvgIpc) is 3.11. The molecule has 0 spiro atoms. The fraction of sp³-hybridized carbons (Fsp3) is 0.471. The number of carbonyl (C=O) groups excluding carboxylic acids is 1. The van der Waals surface area contributed by atoms with Crippen LogP contribution in [0.25, 0.3) is 0 Å². The predicted octanol–water partition coefficient (Wildman–Crippen LogP) is 1.42. The van der Waals surface area contributed by atoms with Gasteiger partial charge >= 0.3 is 0 Å². The molecule has 1 amide bonds. The van der Waals surface area contributed by atoms with E-state index in [0.29, 0.717) is 18.1 Å². The first kappa shape index (κ1) is 18.9. The Labute approximate surface area is 157 Å². The number of aromatic nitrogens is 3. The van der Waals surface area contributed by atoms with Gasteiger partial charge in [0.2, 0.25) is 5.91 Å². The zero-order valence-corrected chi connectivity index (χ0v) is 16.4. The molecule has 1 aliphatic heterocycles. The number of hydrogen-bond acceptors (Lipinski definition) is 6. The zero-order valence-electron chi connectivity index (χ0n) is 14.8. The Hall–Kier alpha value is -1.87. The van der Waals surface area contributed by atoms with E-state index in [0.717, 1.165) is 11.4 Å². The van der Waals surface area contributed by atoms with Gasteiger partial charge in [0.15, 0.2) is 15.0 Å². The summed E-state index contributed by atoms with van der Waals surface area (Å²) in [6, 6.07) is 9.70. The number of nitrogens with one attached hydrogen (secondary N) is 1. The van der Waals surface area contributed by atoms with Crippen LogP contribution in [0.15, 0.2) is 35.5 Å². The van der Waals surface area contributed by atoms with Crippen LogP contribution in [0.4, 0.5) is 0 Å². The van der Waals surface area contributed by atoms with E-state index in [1.807, 2.05) is 41.8 Å². The van der Waals surface area contributed by atoms with Crippen LogP contribution >= 0.6 is 11.8 Å². The second-order valence-electron chi connectivity index (χ2n) is 6.47. The maximum Gasteiger partial charge on any atom is 0.233 e. The molecule has 7 nitrogen and oxygen atoms in total. The van der Waals surface area contributed by atoms with Gasteiger partial charge in [0, 0.05) is 6.04 Å². The van der Waals surface area contributed by atoms with Crippen molar-refractivity contribution in [2.45, 2.75) is 43.3 Å². The average molecular weight is 395 g/mol. The molecule has 1 aromatic carbocycles. The third-order valence-electron chi connectivity index (χ3n) is 4.32. The summed E-state index contributed by atoms with van der Waals surface area (Å²) in [5, 5.41) is 11.4. The van der Waals surface area contributed by atoms with Gasteiger partial charge in [-0.3, -0.25) is 4.79 Å². The molecule has 2 atom stereocenters. The van der Waals surface area contributed by atoms with E-state index < -0.39 is 15.1 Å². The first-order valence-electron chi connectivity index (χ1n) is 8.45. The van der Waals surface area contributed by atoms with Gasteiger partial charge in [-0.2, -0.15) is 0 Å². The number of sulfone groups is 1. The topological polar surface area (TPSA) is 94.0 Å². The van der Waals surface area contributed by atoms with E-state index in [4.69, 9.17) is 0 Å². The van der Waals surface area contributed by atoms with Gasteiger partial charge < -0.3 is 9.88 Å². The normalized spacial score (nSPS) is 20.0. The lowest BCUT2D eigenvalue weighted by Crippen LogP contribution is -2.40. The van der Waals surface area contributed by atoms with E-state index in [-0.39, 0.29) is 23.5 Å². The molecule has 1 N–H and O–H groups in total. The summed E-state index contributed by atoms with van der Waals surface area (Å²) in [5.41, 5.74) is 1.13. The molecule has 1 aliphatic rings. The highest BCUT2D eigenvalue weighted by molar-refractivity contribution is 8.00. The van der Waals surface area contributed by atoms with E-state index in [9.17, 15) is 13.2 Å². The fourth-order valence-corrected chi connectivity index (χ4v) is 5.41. The van der Waals surface area contributed by atoms with Crippen LogP contribution in [-0.4, -0.2) is 51.9 Å². The van der Waals surface area contributed by atoms with E-state index in [2.05, 4.69) is 15.5 Å². The molecule has 1 fully saturated rings. The number of rotatable bonds is 6. The lowest BCUT2D eigenvalue weighted by molar-refractivity contribution is -0.120. The number of aryl methyl sites for hydroxylation is 1. The van der Waals surface area contributed by atoms with Gasteiger partial charge in [-0.15, -0.1) is 10.2 Å². The van der Waals surface area contributed by atoms with Crippen LogP contribution in [0.1, 0.15) is 24.7 Å². The van der Waals surface area contributed by atoms with E-state index >= 15 is 0 Å². The highest BCUT2D eigenvalue weighted by atomic mass is 32.2. The Bertz CT molecular complexity index is 881. The highest BCUT2D eigenvalue weighted by Crippen LogP contribution is 2.24. The molecule has 140 valence electrons. The zero-order chi connectivity index (χ0) is 18.7.